The molecule has 0 spiro atoms. The normalized spacial score (nSPS) is 20.7. The number of morpholine rings is 1. The molecule has 1 aliphatic heterocycles. The Labute approximate surface area is 174 Å². The van der Waals surface area contributed by atoms with E-state index in [-0.39, 0.29) is 35.8 Å². The Bertz CT molecular complexity index is 987. The second-order valence-corrected chi connectivity index (χ2v) is 9.44. The molecule has 1 aliphatic rings. The molecule has 6 nitrogen and oxygen atoms in total. The SMILES string of the molecule is C[C@H]1CN(S(=O)(=O)c2cccc(C(=O)Nc3ccc(Cl)c(Cl)c3)c2)C[C@H](C)O1. The van der Waals surface area contributed by atoms with Crippen LogP contribution >= 0.6 is 23.2 Å². The van der Waals surface area contributed by atoms with E-state index in [1.165, 1.54) is 22.5 Å². The van der Waals surface area contributed by atoms with Crippen LogP contribution in [0, 0.1) is 0 Å². The van der Waals surface area contributed by atoms with Crippen LogP contribution in [0.3, 0.4) is 0 Å². The van der Waals surface area contributed by atoms with Gasteiger partial charge in [-0.1, -0.05) is 29.3 Å². The first kappa shape index (κ1) is 21.1. The predicted molar refractivity (Wildman–Crippen MR) is 110 cm³/mol. The van der Waals surface area contributed by atoms with Crippen LogP contribution in [0.4, 0.5) is 5.69 Å². The van der Waals surface area contributed by atoms with E-state index < -0.39 is 15.9 Å². The lowest BCUT2D eigenvalue weighted by molar-refractivity contribution is -0.0440. The molecule has 150 valence electrons. The summed E-state index contributed by atoms with van der Waals surface area (Å²) in [6.07, 6.45) is -0.390. The second-order valence-electron chi connectivity index (χ2n) is 6.69. The first-order valence-corrected chi connectivity index (χ1v) is 10.9. The van der Waals surface area contributed by atoms with Crippen LogP contribution in [0.2, 0.25) is 10.0 Å². The molecule has 1 N–H and O–H groups in total. The zero-order valence-corrected chi connectivity index (χ0v) is 17.7. The Morgan fingerprint density at radius 1 is 1.07 bits per heavy atom. The number of nitrogens with one attached hydrogen (secondary N) is 1. The van der Waals surface area contributed by atoms with Crippen LogP contribution in [0.1, 0.15) is 24.2 Å². The third-order valence-electron chi connectivity index (χ3n) is 4.30. The first-order chi connectivity index (χ1) is 13.2. The summed E-state index contributed by atoms with van der Waals surface area (Å²) in [5.74, 6) is -0.445. The summed E-state index contributed by atoms with van der Waals surface area (Å²) in [6.45, 7) is 4.21. The third kappa shape index (κ3) is 4.67. The molecule has 1 heterocycles. The summed E-state index contributed by atoms with van der Waals surface area (Å²) >= 11 is 11.8. The van der Waals surface area contributed by atoms with Crippen LogP contribution in [0.15, 0.2) is 47.4 Å². The van der Waals surface area contributed by atoms with Gasteiger partial charge in [0, 0.05) is 24.3 Å². The molecular formula is C19H20Cl2N2O4S. The van der Waals surface area contributed by atoms with Crippen molar-refractivity contribution in [2.24, 2.45) is 0 Å². The van der Waals surface area contributed by atoms with Crippen molar-refractivity contribution in [3.05, 3.63) is 58.1 Å². The van der Waals surface area contributed by atoms with E-state index in [0.29, 0.717) is 15.7 Å². The molecule has 2 aromatic rings. The zero-order chi connectivity index (χ0) is 20.5. The standard InChI is InChI=1S/C19H20Cl2N2O4S/c1-12-10-23(11-13(2)27-12)28(25,26)16-5-3-4-14(8-16)19(24)22-15-6-7-17(20)18(21)9-15/h3-9,12-13H,10-11H2,1-2H3,(H,22,24)/t12-,13-/m0/s1. The number of amides is 1. The molecule has 2 atom stereocenters. The molecule has 9 heteroatoms. The monoisotopic (exact) mass is 442 g/mol. The summed E-state index contributed by atoms with van der Waals surface area (Å²) in [6, 6.07) is 10.7. The fraction of sp³-hybridized carbons (Fsp3) is 0.316. The summed E-state index contributed by atoms with van der Waals surface area (Å²) in [5, 5.41) is 3.38. The molecule has 0 aromatic heterocycles. The third-order valence-corrected chi connectivity index (χ3v) is 6.86. The fourth-order valence-corrected chi connectivity index (χ4v) is 4.99. The summed E-state index contributed by atoms with van der Waals surface area (Å²) in [4.78, 5) is 12.6. The number of benzene rings is 2. The van der Waals surface area contributed by atoms with E-state index in [0.717, 1.165) is 0 Å². The average Bonchev–Trinajstić information content (AvgIpc) is 2.64. The van der Waals surface area contributed by atoms with E-state index in [2.05, 4.69) is 5.32 Å². The van der Waals surface area contributed by atoms with E-state index in [1.54, 1.807) is 24.3 Å². The minimum absolute atomic E-state index is 0.0654. The van der Waals surface area contributed by atoms with Gasteiger partial charge in [-0.15, -0.1) is 0 Å². The number of nitrogens with zero attached hydrogens (tertiary/aromatic N) is 1. The van der Waals surface area contributed by atoms with Gasteiger partial charge in [0.25, 0.3) is 5.91 Å². The molecule has 1 saturated heterocycles. The van der Waals surface area contributed by atoms with E-state index in [9.17, 15) is 13.2 Å². The zero-order valence-electron chi connectivity index (χ0n) is 15.4. The highest BCUT2D eigenvalue weighted by Gasteiger charge is 2.32. The van der Waals surface area contributed by atoms with Gasteiger partial charge < -0.3 is 10.1 Å². The lowest BCUT2D eigenvalue weighted by atomic mass is 10.2. The van der Waals surface area contributed by atoms with Crippen LogP contribution in [-0.4, -0.2) is 43.9 Å². The van der Waals surface area contributed by atoms with Crippen molar-refractivity contribution < 1.29 is 17.9 Å². The molecule has 3 rings (SSSR count). The summed E-state index contributed by atoms with van der Waals surface area (Å²) in [7, 11) is -3.73. The van der Waals surface area contributed by atoms with Crippen LogP contribution < -0.4 is 5.32 Å². The maximum atomic E-state index is 13.0. The van der Waals surface area contributed by atoms with Crippen LogP contribution in [0.25, 0.3) is 0 Å². The van der Waals surface area contributed by atoms with Gasteiger partial charge in [0.05, 0.1) is 27.1 Å². The minimum Gasteiger partial charge on any atom is -0.373 e. The molecule has 0 aliphatic carbocycles. The van der Waals surface area contributed by atoms with Gasteiger partial charge in [-0.3, -0.25) is 4.79 Å². The highest BCUT2D eigenvalue weighted by atomic mass is 35.5. The molecule has 1 amide bonds. The molecule has 0 bridgehead atoms. The maximum Gasteiger partial charge on any atom is 0.255 e. The molecule has 0 unspecified atom stereocenters. The number of anilines is 1. The molecule has 0 saturated carbocycles. The first-order valence-electron chi connectivity index (χ1n) is 8.69. The quantitative estimate of drug-likeness (QED) is 0.774. The Morgan fingerprint density at radius 3 is 2.39 bits per heavy atom. The molecule has 2 aromatic carbocycles. The average molecular weight is 443 g/mol. The van der Waals surface area contributed by atoms with Crippen molar-refractivity contribution >= 4 is 44.8 Å². The van der Waals surface area contributed by atoms with Crippen LogP contribution in [-0.2, 0) is 14.8 Å². The Balaban J connectivity index is 1.83. The van der Waals surface area contributed by atoms with Crippen molar-refractivity contribution in [2.45, 2.75) is 31.0 Å². The minimum atomic E-state index is -3.73. The fourth-order valence-electron chi connectivity index (χ4n) is 3.05. The second kappa shape index (κ2) is 8.39. The van der Waals surface area contributed by atoms with Gasteiger partial charge in [0.1, 0.15) is 0 Å². The predicted octanol–water partition coefficient (Wildman–Crippen LogP) is 4.04. The lowest BCUT2D eigenvalue weighted by Gasteiger charge is -2.34. The highest BCUT2D eigenvalue weighted by molar-refractivity contribution is 7.89. The van der Waals surface area contributed by atoms with Gasteiger partial charge >= 0.3 is 0 Å². The van der Waals surface area contributed by atoms with Crippen LogP contribution in [0.5, 0.6) is 0 Å². The number of ether oxygens (including phenoxy) is 1. The highest BCUT2D eigenvalue weighted by Crippen LogP contribution is 2.26. The van der Waals surface area contributed by atoms with Crippen molar-refractivity contribution in [1.82, 2.24) is 4.31 Å². The van der Waals surface area contributed by atoms with Gasteiger partial charge in [-0.2, -0.15) is 4.31 Å². The van der Waals surface area contributed by atoms with E-state index in [4.69, 9.17) is 27.9 Å². The molecule has 0 radical (unpaired) electrons. The number of rotatable bonds is 4. The Hall–Kier alpha value is -1.64. The topological polar surface area (TPSA) is 75.7 Å². The Kier molecular flexibility index (Phi) is 6.31. The number of carbonyl (C=O) groups excluding carboxylic acids is 1. The van der Waals surface area contributed by atoms with Crippen molar-refractivity contribution in [2.75, 3.05) is 18.4 Å². The largest absolute Gasteiger partial charge is 0.373 e. The molecule has 28 heavy (non-hydrogen) atoms. The summed E-state index contributed by atoms with van der Waals surface area (Å²) < 4.78 is 33.0. The van der Waals surface area contributed by atoms with Gasteiger partial charge in [-0.05, 0) is 50.2 Å². The molecule has 1 fully saturated rings. The summed E-state index contributed by atoms with van der Waals surface area (Å²) in [5.41, 5.74) is 0.685. The maximum absolute atomic E-state index is 13.0. The van der Waals surface area contributed by atoms with Crippen molar-refractivity contribution in [3.8, 4) is 0 Å². The number of halogens is 2. The van der Waals surface area contributed by atoms with Crippen molar-refractivity contribution in [3.63, 3.8) is 0 Å². The van der Waals surface area contributed by atoms with Gasteiger partial charge in [0.15, 0.2) is 0 Å². The lowest BCUT2D eigenvalue weighted by Crippen LogP contribution is -2.48. The van der Waals surface area contributed by atoms with E-state index in [1.807, 2.05) is 13.8 Å². The number of hydrogen-bond acceptors (Lipinski definition) is 4. The van der Waals surface area contributed by atoms with E-state index >= 15 is 0 Å². The smallest absolute Gasteiger partial charge is 0.255 e. The van der Waals surface area contributed by atoms with Gasteiger partial charge in [0.2, 0.25) is 10.0 Å². The Morgan fingerprint density at radius 2 is 1.75 bits per heavy atom. The number of sulfonamides is 1. The number of hydrogen-bond donors (Lipinski definition) is 1. The van der Waals surface area contributed by atoms with Gasteiger partial charge in [-0.25, -0.2) is 8.42 Å². The number of carbonyl (C=O) groups is 1. The molecular weight excluding hydrogens is 423 g/mol. The van der Waals surface area contributed by atoms with Crippen molar-refractivity contribution in [1.29, 1.82) is 0 Å².